The van der Waals surface area contributed by atoms with Gasteiger partial charge in [0.15, 0.2) is 22.9 Å². The summed E-state index contributed by atoms with van der Waals surface area (Å²) in [5.74, 6) is -1.05. The zero-order valence-electron chi connectivity index (χ0n) is 23.0. The van der Waals surface area contributed by atoms with Gasteiger partial charge in [0, 0.05) is 49.4 Å². The highest BCUT2D eigenvalue weighted by Crippen LogP contribution is 2.38. The van der Waals surface area contributed by atoms with E-state index in [0.29, 0.717) is 17.2 Å². The third kappa shape index (κ3) is 4.83. The van der Waals surface area contributed by atoms with E-state index in [-0.39, 0.29) is 48.0 Å². The number of carbonyl (C=O) groups excluding carboxylic acids is 1. The Bertz CT molecular complexity index is 1940. The Kier molecular flexibility index (Phi) is 6.88. The second-order valence-electron chi connectivity index (χ2n) is 10.1. The van der Waals surface area contributed by atoms with E-state index in [1.54, 1.807) is 18.2 Å². The van der Waals surface area contributed by atoms with Gasteiger partial charge in [-0.15, -0.1) is 0 Å². The molecule has 2 aliphatic heterocycles. The van der Waals surface area contributed by atoms with Crippen molar-refractivity contribution in [2.45, 2.75) is 31.0 Å². The number of rotatable bonds is 6. The van der Waals surface area contributed by atoms with Crippen LogP contribution < -0.4 is 14.4 Å². The molecule has 1 amide bonds. The van der Waals surface area contributed by atoms with Crippen molar-refractivity contribution < 1.29 is 45.8 Å². The van der Waals surface area contributed by atoms with Gasteiger partial charge in [-0.1, -0.05) is 6.07 Å². The van der Waals surface area contributed by atoms with Crippen LogP contribution in [0.25, 0.3) is 5.69 Å². The summed E-state index contributed by atoms with van der Waals surface area (Å²) in [6.45, 7) is 0.400. The normalized spacial score (nSPS) is 14.8. The number of alkyl halides is 3. The fourth-order valence-corrected chi connectivity index (χ4v) is 6.92. The minimum atomic E-state index is -4.94. The van der Waals surface area contributed by atoms with Gasteiger partial charge >= 0.3 is 12.1 Å². The Labute approximate surface area is 247 Å². The van der Waals surface area contributed by atoms with Crippen molar-refractivity contribution in [3.63, 3.8) is 0 Å². The molecule has 6 rings (SSSR count). The quantitative estimate of drug-likeness (QED) is 0.325. The number of hydrogen-bond donors (Lipinski definition) is 2. The maximum Gasteiger partial charge on any atom is 0.435 e. The molecular formula is C27H23F3N6O7S. The SMILES string of the molecule is Cc1[nH]nc(C(=O)O)c1S(=O)(=O)N1CCc2c(c(C(F)(F)F)nn2-c2cccc(C(=O)N(C)c3ccc4c(c3)OCO4)c2)C1. The first-order valence-corrected chi connectivity index (χ1v) is 14.5. The van der Waals surface area contributed by atoms with Gasteiger partial charge in [0.2, 0.25) is 16.8 Å². The number of aromatic nitrogens is 4. The van der Waals surface area contributed by atoms with Gasteiger partial charge in [-0.2, -0.15) is 27.7 Å². The molecule has 0 fully saturated rings. The van der Waals surface area contributed by atoms with Gasteiger partial charge in [0.25, 0.3) is 5.91 Å². The summed E-state index contributed by atoms with van der Waals surface area (Å²) >= 11 is 0. The largest absolute Gasteiger partial charge is 0.476 e. The average molecular weight is 633 g/mol. The van der Waals surface area contributed by atoms with Crippen LogP contribution >= 0.6 is 0 Å². The summed E-state index contributed by atoms with van der Waals surface area (Å²) in [6.07, 6.45) is -5.11. The minimum absolute atomic E-state index is 0.0582. The number of halogens is 3. The van der Waals surface area contributed by atoms with Crippen LogP contribution in [0.2, 0.25) is 0 Å². The fraction of sp³-hybridized carbons (Fsp3) is 0.259. The lowest BCUT2D eigenvalue weighted by atomic mass is 10.1. The maximum atomic E-state index is 14.2. The van der Waals surface area contributed by atoms with Crippen LogP contribution in [-0.4, -0.2) is 70.1 Å². The van der Waals surface area contributed by atoms with E-state index in [0.717, 1.165) is 8.99 Å². The Morgan fingerprint density at radius 3 is 2.59 bits per heavy atom. The number of nitrogens with zero attached hydrogens (tertiary/aromatic N) is 5. The van der Waals surface area contributed by atoms with Gasteiger partial charge in [0.1, 0.15) is 4.90 Å². The molecule has 2 aliphatic rings. The molecule has 0 radical (unpaired) electrons. The smallest absolute Gasteiger partial charge is 0.435 e. The Hall–Kier alpha value is -4.90. The number of aryl methyl sites for hydroxylation is 1. The lowest BCUT2D eigenvalue weighted by Crippen LogP contribution is -2.37. The van der Waals surface area contributed by atoms with E-state index in [4.69, 9.17) is 9.47 Å². The molecule has 13 nitrogen and oxygen atoms in total. The van der Waals surface area contributed by atoms with Crippen molar-refractivity contribution in [1.82, 2.24) is 24.3 Å². The third-order valence-corrected chi connectivity index (χ3v) is 9.38. The summed E-state index contributed by atoms with van der Waals surface area (Å²) < 4.78 is 82.0. The number of fused-ring (bicyclic) bond motifs is 2. The maximum absolute atomic E-state index is 14.2. The average Bonchev–Trinajstić information content (AvgIpc) is 3.72. The second kappa shape index (κ2) is 10.4. The van der Waals surface area contributed by atoms with Gasteiger partial charge < -0.3 is 19.5 Å². The number of hydrogen-bond acceptors (Lipinski definition) is 8. The van der Waals surface area contributed by atoms with E-state index in [1.807, 2.05) is 0 Å². The highest BCUT2D eigenvalue weighted by molar-refractivity contribution is 7.89. The van der Waals surface area contributed by atoms with Crippen molar-refractivity contribution in [1.29, 1.82) is 0 Å². The van der Waals surface area contributed by atoms with Crippen LogP contribution in [0.3, 0.4) is 0 Å². The first-order chi connectivity index (χ1) is 20.8. The highest BCUT2D eigenvalue weighted by Gasteiger charge is 2.44. The number of aromatic amines is 1. The van der Waals surface area contributed by atoms with E-state index in [2.05, 4.69) is 15.3 Å². The molecule has 0 aliphatic carbocycles. The fourth-order valence-electron chi connectivity index (χ4n) is 5.22. The van der Waals surface area contributed by atoms with Crippen LogP contribution in [-0.2, 0) is 29.2 Å². The van der Waals surface area contributed by atoms with E-state index < -0.39 is 50.9 Å². The number of carbonyl (C=O) groups is 2. The summed E-state index contributed by atoms with van der Waals surface area (Å²) in [5.41, 5.74) is -1.54. The number of nitrogens with one attached hydrogen (secondary N) is 1. The molecule has 4 heterocycles. The number of benzene rings is 2. The molecule has 17 heteroatoms. The van der Waals surface area contributed by atoms with Crippen LogP contribution in [0.4, 0.5) is 18.9 Å². The molecule has 0 saturated heterocycles. The zero-order valence-corrected chi connectivity index (χ0v) is 23.9. The zero-order chi connectivity index (χ0) is 31.6. The standard InChI is InChI=1S/C27H23F3N6O7S/c1-14-23(22(26(38)39)32-31-14)44(40,41)35-9-8-19-18(12-35)24(27(28,29)30)33-36(19)17-5-3-4-15(10-17)25(37)34(2)16-6-7-20-21(11-16)43-13-42-20/h3-7,10-11H,8-9,12-13H2,1-2H3,(H,31,32)(H,38,39). The van der Waals surface area contributed by atoms with E-state index in [1.165, 1.54) is 43.1 Å². The second-order valence-corrected chi connectivity index (χ2v) is 11.9. The number of anilines is 1. The van der Waals surface area contributed by atoms with Crippen LogP contribution in [0.15, 0.2) is 47.4 Å². The number of H-pyrrole nitrogens is 1. The first kappa shape index (κ1) is 29.2. The molecule has 2 aromatic heterocycles. The van der Waals surface area contributed by atoms with Crippen molar-refractivity contribution in [2.75, 3.05) is 25.3 Å². The summed E-state index contributed by atoms with van der Waals surface area (Å²) in [4.78, 5) is 25.7. The molecule has 0 bridgehead atoms. The van der Waals surface area contributed by atoms with E-state index in [9.17, 15) is 36.3 Å². The van der Waals surface area contributed by atoms with Gasteiger partial charge in [-0.05, 0) is 37.3 Å². The predicted molar refractivity (Wildman–Crippen MR) is 145 cm³/mol. The van der Waals surface area contributed by atoms with E-state index >= 15 is 0 Å². The van der Waals surface area contributed by atoms with Crippen LogP contribution in [0.5, 0.6) is 11.5 Å². The molecular weight excluding hydrogens is 609 g/mol. The van der Waals surface area contributed by atoms with Crippen molar-refractivity contribution in [2.24, 2.45) is 0 Å². The number of carboxylic acids is 1. The highest BCUT2D eigenvalue weighted by atomic mass is 32.2. The third-order valence-electron chi connectivity index (χ3n) is 7.37. The molecule has 2 N–H and O–H groups in total. The monoisotopic (exact) mass is 632 g/mol. The number of amides is 1. The summed E-state index contributed by atoms with van der Waals surface area (Å²) in [7, 11) is -3.02. The molecule has 2 aromatic carbocycles. The molecule has 0 atom stereocenters. The molecule has 0 unspecified atom stereocenters. The Morgan fingerprint density at radius 2 is 1.86 bits per heavy atom. The minimum Gasteiger partial charge on any atom is -0.476 e. The Morgan fingerprint density at radius 1 is 1.11 bits per heavy atom. The number of aromatic carboxylic acids is 1. The Balaban J connectivity index is 1.35. The number of ether oxygens (including phenoxy) is 2. The van der Waals surface area contributed by atoms with Crippen LogP contribution in [0.1, 0.15) is 43.5 Å². The number of sulfonamides is 1. The molecule has 230 valence electrons. The van der Waals surface area contributed by atoms with Crippen LogP contribution in [0, 0.1) is 6.92 Å². The van der Waals surface area contributed by atoms with Crippen molar-refractivity contribution in [3.05, 3.63) is 76.4 Å². The molecule has 44 heavy (non-hydrogen) atoms. The van der Waals surface area contributed by atoms with Crippen molar-refractivity contribution >= 4 is 27.6 Å². The molecule has 0 spiro atoms. The lowest BCUT2D eigenvalue weighted by Gasteiger charge is -2.27. The summed E-state index contributed by atoms with van der Waals surface area (Å²) in [5, 5.41) is 19.1. The topological polar surface area (TPSA) is 160 Å². The molecule has 0 saturated carbocycles. The van der Waals surface area contributed by atoms with Crippen molar-refractivity contribution in [3.8, 4) is 17.2 Å². The predicted octanol–water partition coefficient (Wildman–Crippen LogP) is 3.37. The van der Waals surface area contributed by atoms with Gasteiger partial charge in [0.05, 0.1) is 17.1 Å². The van der Waals surface area contributed by atoms with Gasteiger partial charge in [-0.25, -0.2) is 17.9 Å². The molecule has 4 aromatic rings. The van der Waals surface area contributed by atoms with Gasteiger partial charge in [-0.3, -0.25) is 9.89 Å². The summed E-state index contributed by atoms with van der Waals surface area (Å²) in [6, 6.07) is 10.9. The lowest BCUT2D eigenvalue weighted by molar-refractivity contribution is -0.142. The number of carboxylic acid groups (broad SMARTS) is 1. The first-order valence-electron chi connectivity index (χ1n) is 13.0.